The molecule has 0 fully saturated rings. The molecule has 10 aromatic rings. The van der Waals surface area contributed by atoms with Gasteiger partial charge >= 0.3 is 0 Å². The first kappa shape index (κ1) is 30.0. The SMILES string of the molecule is Fc1ccc(N(c2ccc3c(c2)c2ccccc2n3-c2ccccc2-c2ccccc2)c2ccc3c4ccccc4n(-c4ccccc4)c3c2)cc1. The van der Waals surface area contributed by atoms with Crippen molar-refractivity contribution in [2.75, 3.05) is 4.90 Å². The third kappa shape index (κ3) is 4.80. The van der Waals surface area contributed by atoms with Crippen LogP contribution < -0.4 is 4.90 Å². The van der Waals surface area contributed by atoms with Gasteiger partial charge in [0.1, 0.15) is 5.82 Å². The molecule has 52 heavy (non-hydrogen) atoms. The summed E-state index contributed by atoms with van der Waals surface area (Å²) in [6.45, 7) is 0. The quantitative estimate of drug-likeness (QED) is 0.172. The number of benzene rings is 8. The lowest BCUT2D eigenvalue weighted by molar-refractivity contribution is 0.628. The lowest BCUT2D eigenvalue weighted by Gasteiger charge is -2.26. The Morgan fingerprint density at radius 3 is 1.67 bits per heavy atom. The van der Waals surface area contributed by atoms with Crippen LogP contribution in [0.2, 0.25) is 0 Å². The van der Waals surface area contributed by atoms with Crippen molar-refractivity contribution in [2.45, 2.75) is 0 Å². The molecule has 0 bridgehead atoms. The van der Waals surface area contributed by atoms with Gasteiger partial charge in [-0.15, -0.1) is 0 Å². The van der Waals surface area contributed by atoms with Gasteiger partial charge in [0, 0.05) is 49.9 Å². The molecule has 0 radical (unpaired) electrons. The fourth-order valence-corrected chi connectivity index (χ4v) is 7.88. The fraction of sp³-hybridized carbons (Fsp3) is 0. The highest BCUT2D eigenvalue weighted by Gasteiger charge is 2.20. The predicted molar refractivity (Wildman–Crippen MR) is 215 cm³/mol. The summed E-state index contributed by atoms with van der Waals surface area (Å²) in [5, 5.41) is 4.69. The van der Waals surface area contributed by atoms with Gasteiger partial charge in [0.25, 0.3) is 0 Å². The maximum atomic E-state index is 14.4. The zero-order chi connectivity index (χ0) is 34.6. The Labute approximate surface area is 300 Å². The molecule has 0 spiro atoms. The summed E-state index contributed by atoms with van der Waals surface area (Å²) in [4.78, 5) is 2.23. The van der Waals surface area contributed by atoms with E-state index in [0.717, 1.165) is 55.9 Å². The number of rotatable bonds is 6. The summed E-state index contributed by atoms with van der Waals surface area (Å²) in [5.41, 5.74) is 11.9. The number of halogens is 1. The van der Waals surface area contributed by atoms with Crippen LogP contribution in [-0.4, -0.2) is 9.13 Å². The van der Waals surface area contributed by atoms with Crippen LogP contribution in [0.4, 0.5) is 21.5 Å². The van der Waals surface area contributed by atoms with Gasteiger partial charge in [0.2, 0.25) is 0 Å². The molecule has 0 saturated carbocycles. The lowest BCUT2D eigenvalue weighted by atomic mass is 10.0. The summed E-state index contributed by atoms with van der Waals surface area (Å²) in [6, 6.07) is 67.0. The molecular weight excluding hydrogens is 638 g/mol. The average molecular weight is 670 g/mol. The second-order valence-electron chi connectivity index (χ2n) is 13.1. The first-order valence-electron chi connectivity index (χ1n) is 17.6. The lowest BCUT2D eigenvalue weighted by Crippen LogP contribution is -2.10. The summed E-state index contributed by atoms with van der Waals surface area (Å²) in [7, 11) is 0. The second kappa shape index (κ2) is 12.1. The molecule has 0 N–H and O–H groups in total. The molecule has 0 aliphatic heterocycles. The Morgan fingerprint density at radius 2 is 0.904 bits per heavy atom. The zero-order valence-corrected chi connectivity index (χ0v) is 28.2. The normalized spacial score (nSPS) is 11.6. The fourth-order valence-electron chi connectivity index (χ4n) is 7.88. The molecule has 0 aliphatic rings. The Morgan fingerprint density at radius 1 is 0.365 bits per heavy atom. The van der Waals surface area contributed by atoms with Gasteiger partial charge in [-0.1, -0.05) is 109 Å². The van der Waals surface area contributed by atoms with Gasteiger partial charge in [-0.2, -0.15) is 0 Å². The van der Waals surface area contributed by atoms with Gasteiger partial charge in [0.05, 0.1) is 27.8 Å². The molecule has 0 atom stereocenters. The minimum Gasteiger partial charge on any atom is -0.310 e. The summed E-state index contributed by atoms with van der Waals surface area (Å²) >= 11 is 0. The first-order chi connectivity index (χ1) is 25.7. The Kier molecular flexibility index (Phi) is 7.00. The van der Waals surface area contributed by atoms with Crippen LogP contribution in [0.3, 0.4) is 0 Å². The number of fused-ring (bicyclic) bond motifs is 6. The van der Waals surface area contributed by atoms with Crippen LogP contribution in [0.15, 0.2) is 194 Å². The molecule has 0 saturated heterocycles. The van der Waals surface area contributed by atoms with Crippen molar-refractivity contribution in [3.63, 3.8) is 0 Å². The van der Waals surface area contributed by atoms with Crippen LogP contribution in [-0.2, 0) is 0 Å². The molecule has 2 aromatic heterocycles. The van der Waals surface area contributed by atoms with Crippen LogP contribution in [0.1, 0.15) is 0 Å². The first-order valence-corrected chi connectivity index (χ1v) is 17.6. The van der Waals surface area contributed by atoms with E-state index in [0.29, 0.717) is 0 Å². The van der Waals surface area contributed by atoms with E-state index in [-0.39, 0.29) is 5.82 Å². The highest BCUT2D eigenvalue weighted by Crippen LogP contribution is 2.43. The van der Waals surface area contributed by atoms with E-state index in [1.54, 1.807) is 0 Å². The van der Waals surface area contributed by atoms with E-state index in [9.17, 15) is 4.39 Å². The van der Waals surface area contributed by atoms with Crippen molar-refractivity contribution >= 4 is 60.7 Å². The highest BCUT2D eigenvalue weighted by molar-refractivity contribution is 6.12. The molecule has 2 heterocycles. The molecule has 0 amide bonds. The maximum Gasteiger partial charge on any atom is 0.123 e. The number of hydrogen-bond donors (Lipinski definition) is 0. The van der Waals surface area contributed by atoms with Gasteiger partial charge in [-0.05, 0) is 90.5 Å². The van der Waals surface area contributed by atoms with Gasteiger partial charge < -0.3 is 14.0 Å². The molecule has 0 unspecified atom stereocenters. The average Bonchev–Trinajstić information content (AvgIpc) is 3.72. The molecule has 8 aromatic carbocycles. The van der Waals surface area contributed by atoms with Crippen molar-refractivity contribution in [2.24, 2.45) is 0 Å². The third-order valence-corrected chi connectivity index (χ3v) is 10.2. The molecule has 4 heteroatoms. The minimum atomic E-state index is -0.265. The topological polar surface area (TPSA) is 13.1 Å². The van der Waals surface area contributed by atoms with Gasteiger partial charge in [0.15, 0.2) is 0 Å². The Hall–Kier alpha value is -6.91. The van der Waals surface area contributed by atoms with Crippen LogP contribution in [0.5, 0.6) is 0 Å². The van der Waals surface area contributed by atoms with Crippen LogP contribution in [0.25, 0.3) is 66.1 Å². The molecule has 0 aliphatic carbocycles. The monoisotopic (exact) mass is 669 g/mol. The minimum absolute atomic E-state index is 0.265. The maximum absolute atomic E-state index is 14.4. The van der Waals surface area contributed by atoms with Crippen molar-refractivity contribution in [1.29, 1.82) is 0 Å². The van der Waals surface area contributed by atoms with Crippen molar-refractivity contribution in [3.05, 3.63) is 200 Å². The van der Waals surface area contributed by atoms with Gasteiger partial charge in [-0.25, -0.2) is 4.39 Å². The van der Waals surface area contributed by atoms with Crippen LogP contribution in [0, 0.1) is 5.82 Å². The Balaban J connectivity index is 1.21. The molecule has 246 valence electrons. The smallest absolute Gasteiger partial charge is 0.123 e. The summed E-state index contributed by atoms with van der Waals surface area (Å²) < 4.78 is 19.1. The predicted octanol–water partition coefficient (Wildman–Crippen LogP) is 13.2. The van der Waals surface area contributed by atoms with E-state index < -0.39 is 0 Å². The highest BCUT2D eigenvalue weighted by atomic mass is 19.1. The van der Waals surface area contributed by atoms with E-state index in [4.69, 9.17) is 0 Å². The van der Waals surface area contributed by atoms with Crippen LogP contribution >= 0.6 is 0 Å². The third-order valence-electron chi connectivity index (χ3n) is 10.2. The number of aromatic nitrogens is 2. The van der Waals surface area contributed by atoms with E-state index in [1.807, 2.05) is 18.2 Å². The number of para-hydroxylation sites is 4. The van der Waals surface area contributed by atoms with Gasteiger partial charge in [-0.3, -0.25) is 0 Å². The standard InChI is InChI=1S/C48H32FN3/c49-34-23-25-36(26-24-34)50(38-27-29-42-40-18-8-11-21-45(40)51(48(42)32-38)35-15-5-2-6-16-35)37-28-30-47-43(31-37)41-19-9-12-22-46(41)52(47)44-20-10-7-17-39(44)33-13-3-1-4-14-33/h1-32H. The number of hydrogen-bond acceptors (Lipinski definition) is 1. The summed E-state index contributed by atoms with van der Waals surface area (Å²) in [5.74, 6) is -0.265. The van der Waals surface area contributed by atoms with E-state index in [1.165, 1.54) is 39.4 Å². The summed E-state index contributed by atoms with van der Waals surface area (Å²) in [6.07, 6.45) is 0. The Bertz CT molecular complexity index is 2900. The molecular formula is C48H32FN3. The molecule has 10 rings (SSSR count). The second-order valence-corrected chi connectivity index (χ2v) is 13.1. The van der Waals surface area contributed by atoms with Crippen molar-refractivity contribution < 1.29 is 4.39 Å². The molecule has 3 nitrogen and oxygen atoms in total. The van der Waals surface area contributed by atoms with Crippen molar-refractivity contribution in [1.82, 2.24) is 9.13 Å². The van der Waals surface area contributed by atoms with E-state index >= 15 is 0 Å². The zero-order valence-electron chi connectivity index (χ0n) is 28.2. The number of anilines is 3. The largest absolute Gasteiger partial charge is 0.310 e. The number of nitrogens with zero attached hydrogens (tertiary/aromatic N) is 3. The van der Waals surface area contributed by atoms with E-state index in [2.05, 4.69) is 178 Å². The van der Waals surface area contributed by atoms with Crippen molar-refractivity contribution in [3.8, 4) is 22.5 Å².